The van der Waals surface area contributed by atoms with Crippen molar-refractivity contribution in [1.82, 2.24) is 5.32 Å². The van der Waals surface area contributed by atoms with E-state index in [1.165, 1.54) is 12.0 Å². The number of amides is 3. The maximum absolute atomic E-state index is 12.0. The number of nitrogens with one attached hydrogen (secondary N) is 1. The summed E-state index contributed by atoms with van der Waals surface area (Å²) in [6.45, 7) is 6.30. The lowest BCUT2D eigenvalue weighted by atomic mass is 9.84. The van der Waals surface area contributed by atoms with Crippen molar-refractivity contribution in [1.29, 1.82) is 0 Å². The third-order valence-corrected chi connectivity index (χ3v) is 3.61. The highest BCUT2D eigenvalue weighted by atomic mass is 16.5. The van der Waals surface area contributed by atoms with Crippen molar-refractivity contribution in [3.8, 4) is 5.75 Å². The molecule has 0 saturated carbocycles. The highest BCUT2D eigenvalue weighted by molar-refractivity contribution is 6.06. The number of methoxy groups -OCH3 is 1. The van der Waals surface area contributed by atoms with Gasteiger partial charge in [0.1, 0.15) is 5.75 Å². The molecule has 3 amide bonds. The number of urea groups is 1. The van der Waals surface area contributed by atoms with Crippen LogP contribution < -0.4 is 15.0 Å². The molecule has 2 rings (SSSR count). The van der Waals surface area contributed by atoms with E-state index in [4.69, 9.17) is 4.74 Å². The number of anilines is 1. The highest BCUT2D eigenvalue weighted by Crippen LogP contribution is 2.37. The summed E-state index contributed by atoms with van der Waals surface area (Å²) in [5.41, 5.74) is 1.54. The molecule has 1 heterocycles. The summed E-state index contributed by atoms with van der Waals surface area (Å²) in [4.78, 5) is 36.1. The quantitative estimate of drug-likeness (QED) is 0.869. The smallest absolute Gasteiger partial charge is 0.328 e. The van der Waals surface area contributed by atoms with Gasteiger partial charge >= 0.3 is 6.03 Å². The Balaban J connectivity index is 2.56. The van der Waals surface area contributed by atoms with Gasteiger partial charge in [-0.15, -0.1) is 0 Å². The molecular weight excluding hydrogens is 284 g/mol. The van der Waals surface area contributed by atoms with E-state index in [-0.39, 0.29) is 17.7 Å². The molecule has 6 nitrogen and oxygen atoms in total. The topological polar surface area (TPSA) is 75.7 Å². The van der Waals surface area contributed by atoms with Crippen LogP contribution in [0.1, 0.15) is 43.1 Å². The van der Waals surface area contributed by atoms with E-state index in [0.717, 1.165) is 5.56 Å². The summed E-state index contributed by atoms with van der Waals surface area (Å²) in [7, 11) is 1.52. The molecule has 0 spiro atoms. The summed E-state index contributed by atoms with van der Waals surface area (Å²) in [6.07, 6.45) is 0.948. The molecule has 0 bridgehead atoms. The molecule has 1 aromatic carbocycles. The second-order valence-electron chi connectivity index (χ2n) is 6.24. The van der Waals surface area contributed by atoms with E-state index < -0.39 is 6.03 Å². The van der Waals surface area contributed by atoms with Crippen LogP contribution in [0.2, 0.25) is 0 Å². The summed E-state index contributed by atoms with van der Waals surface area (Å²) in [6, 6.07) is 2.97. The van der Waals surface area contributed by atoms with Crippen molar-refractivity contribution in [2.24, 2.45) is 0 Å². The van der Waals surface area contributed by atoms with E-state index in [1.54, 1.807) is 6.07 Å². The zero-order valence-electron chi connectivity index (χ0n) is 13.2. The van der Waals surface area contributed by atoms with Crippen molar-refractivity contribution in [2.45, 2.75) is 32.6 Å². The summed E-state index contributed by atoms with van der Waals surface area (Å²) in [5, 5.41) is 2.28. The van der Waals surface area contributed by atoms with Crippen molar-refractivity contribution < 1.29 is 19.1 Å². The molecule has 1 aliphatic heterocycles. The molecule has 0 aliphatic carbocycles. The molecule has 0 unspecified atom stereocenters. The predicted molar refractivity (Wildman–Crippen MR) is 82.6 cm³/mol. The van der Waals surface area contributed by atoms with Crippen LogP contribution in [-0.2, 0) is 10.2 Å². The first-order chi connectivity index (χ1) is 10.3. The fourth-order valence-electron chi connectivity index (χ4n) is 2.47. The Morgan fingerprint density at radius 1 is 1.27 bits per heavy atom. The molecule has 0 aromatic heterocycles. The van der Waals surface area contributed by atoms with Crippen LogP contribution in [0.25, 0.3) is 0 Å². The molecule has 0 atom stereocenters. The van der Waals surface area contributed by atoms with Crippen molar-refractivity contribution >= 4 is 23.9 Å². The van der Waals surface area contributed by atoms with Crippen LogP contribution in [0.15, 0.2) is 12.1 Å². The number of imide groups is 1. The number of benzene rings is 1. The molecule has 6 heteroatoms. The van der Waals surface area contributed by atoms with Crippen LogP contribution in [0.4, 0.5) is 10.5 Å². The molecule has 22 heavy (non-hydrogen) atoms. The number of hydrogen-bond acceptors (Lipinski definition) is 4. The number of hydrogen-bond donors (Lipinski definition) is 1. The molecule has 1 fully saturated rings. The third kappa shape index (κ3) is 2.95. The van der Waals surface area contributed by atoms with E-state index in [1.807, 2.05) is 26.8 Å². The minimum atomic E-state index is -0.474. The van der Waals surface area contributed by atoms with E-state index >= 15 is 0 Å². The standard InChI is InChI=1S/C16H20N2O4/c1-16(2,3)12-8-11(7-10(9-19)14(12)22-4)18-6-5-13(20)17-15(18)21/h7-9H,5-6H2,1-4H3,(H,17,20,21). The Bertz CT molecular complexity index is 632. The van der Waals surface area contributed by atoms with Crippen LogP contribution in [0.5, 0.6) is 5.75 Å². The second-order valence-corrected chi connectivity index (χ2v) is 6.24. The summed E-state index contributed by atoms with van der Waals surface area (Å²) in [5.74, 6) is 0.223. The van der Waals surface area contributed by atoms with Gasteiger partial charge in [-0.3, -0.25) is 19.8 Å². The Morgan fingerprint density at radius 3 is 2.45 bits per heavy atom. The maximum Gasteiger partial charge on any atom is 0.328 e. The zero-order valence-corrected chi connectivity index (χ0v) is 13.2. The van der Waals surface area contributed by atoms with Crippen LogP contribution in [0.3, 0.4) is 0 Å². The van der Waals surface area contributed by atoms with Gasteiger partial charge in [0.05, 0.1) is 12.7 Å². The van der Waals surface area contributed by atoms with Gasteiger partial charge in [-0.2, -0.15) is 0 Å². The molecule has 118 valence electrons. The molecule has 0 radical (unpaired) electrons. The first kappa shape index (κ1) is 16.0. The molecule has 1 saturated heterocycles. The molecular formula is C16H20N2O4. The van der Waals surface area contributed by atoms with Crippen LogP contribution in [-0.4, -0.2) is 31.9 Å². The number of carbonyl (C=O) groups excluding carboxylic acids is 3. The molecule has 1 N–H and O–H groups in total. The summed E-state index contributed by atoms with van der Waals surface area (Å²) >= 11 is 0. The molecule has 1 aliphatic rings. The van der Waals surface area contributed by atoms with Gasteiger partial charge in [0.15, 0.2) is 6.29 Å². The number of ether oxygens (including phenoxy) is 1. The van der Waals surface area contributed by atoms with Gasteiger partial charge < -0.3 is 4.74 Å². The fourth-order valence-corrected chi connectivity index (χ4v) is 2.47. The van der Waals surface area contributed by atoms with Gasteiger partial charge in [0.2, 0.25) is 5.91 Å². The maximum atomic E-state index is 12.0. The Kier molecular flexibility index (Phi) is 4.21. The summed E-state index contributed by atoms with van der Waals surface area (Å²) < 4.78 is 5.38. The average molecular weight is 304 g/mol. The average Bonchev–Trinajstić information content (AvgIpc) is 2.44. The van der Waals surface area contributed by atoms with Gasteiger partial charge in [0.25, 0.3) is 0 Å². The van der Waals surface area contributed by atoms with Crippen molar-refractivity contribution in [3.05, 3.63) is 23.3 Å². The lowest BCUT2D eigenvalue weighted by Crippen LogP contribution is -2.49. The largest absolute Gasteiger partial charge is 0.496 e. The number of aldehydes is 1. The van der Waals surface area contributed by atoms with E-state index in [2.05, 4.69) is 5.32 Å². The number of nitrogens with zero attached hydrogens (tertiary/aromatic N) is 1. The fraction of sp³-hybridized carbons (Fsp3) is 0.438. The lowest BCUT2D eigenvalue weighted by Gasteiger charge is -2.30. The first-order valence-corrected chi connectivity index (χ1v) is 7.07. The van der Waals surface area contributed by atoms with Gasteiger partial charge in [-0.25, -0.2) is 4.79 Å². The zero-order chi connectivity index (χ0) is 16.5. The van der Waals surface area contributed by atoms with Crippen molar-refractivity contribution in [3.63, 3.8) is 0 Å². The van der Waals surface area contributed by atoms with Crippen molar-refractivity contribution in [2.75, 3.05) is 18.6 Å². The minimum Gasteiger partial charge on any atom is -0.496 e. The first-order valence-electron chi connectivity index (χ1n) is 7.07. The Labute approximate surface area is 129 Å². The molecule has 1 aromatic rings. The van der Waals surface area contributed by atoms with Gasteiger partial charge in [-0.1, -0.05) is 20.8 Å². The van der Waals surface area contributed by atoms with Crippen LogP contribution in [0, 0.1) is 0 Å². The van der Waals surface area contributed by atoms with Gasteiger partial charge in [0, 0.05) is 24.2 Å². The lowest BCUT2D eigenvalue weighted by molar-refractivity contribution is -0.120. The van der Waals surface area contributed by atoms with E-state index in [9.17, 15) is 14.4 Å². The number of carbonyl (C=O) groups is 3. The Hall–Kier alpha value is -2.37. The highest BCUT2D eigenvalue weighted by Gasteiger charge is 2.28. The second kappa shape index (κ2) is 5.79. The number of rotatable bonds is 3. The normalized spacial score (nSPS) is 15.5. The monoisotopic (exact) mass is 304 g/mol. The van der Waals surface area contributed by atoms with Crippen LogP contribution >= 0.6 is 0 Å². The SMILES string of the molecule is COc1c(C=O)cc(N2CCC(=O)NC2=O)cc1C(C)(C)C. The minimum absolute atomic E-state index is 0.235. The predicted octanol–water partition coefficient (Wildman–Crippen LogP) is 2.25. The van der Waals surface area contributed by atoms with E-state index in [0.29, 0.717) is 29.8 Å². The third-order valence-electron chi connectivity index (χ3n) is 3.61. The Morgan fingerprint density at radius 2 is 1.95 bits per heavy atom. The van der Waals surface area contributed by atoms with Gasteiger partial charge in [-0.05, 0) is 17.5 Å².